The molecular formula is C16H16N4O3S2. The van der Waals surface area contributed by atoms with E-state index in [0.717, 1.165) is 35.0 Å². The Hall–Kier alpha value is -2.26. The molecule has 4 rings (SSSR count). The average molecular weight is 376 g/mol. The predicted octanol–water partition coefficient (Wildman–Crippen LogP) is 2.51. The van der Waals surface area contributed by atoms with Gasteiger partial charge < -0.3 is 15.0 Å². The zero-order chi connectivity index (χ0) is 17.4. The number of hydrogen-bond donors (Lipinski definition) is 2. The lowest BCUT2D eigenvalue weighted by atomic mass is 10.2. The topological polar surface area (TPSA) is 97.0 Å². The first kappa shape index (κ1) is 16.2. The Labute approximate surface area is 151 Å². The maximum atomic E-state index is 12.4. The highest BCUT2D eigenvalue weighted by molar-refractivity contribution is 7.19. The van der Waals surface area contributed by atoms with Crippen molar-refractivity contribution in [1.82, 2.24) is 15.0 Å². The molecule has 1 aliphatic carbocycles. The summed E-state index contributed by atoms with van der Waals surface area (Å²) in [6.45, 7) is 0. The summed E-state index contributed by atoms with van der Waals surface area (Å²) in [7, 11) is 1.55. The Kier molecular flexibility index (Phi) is 4.26. The number of carbonyl (C=O) groups excluding carboxylic acids is 1. The molecule has 3 aromatic heterocycles. The van der Waals surface area contributed by atoms with E-state index in [9.17, 15) is 9.59 Å². The van der Waals surface area contributed by atoms with Crippen LogP contribution in [0.2, 0.25) is 0 Å². The maximum absolute atomic E-state index is 12.4. The molecule has 9 heteroatoms. The Morgan fingerprint density at radius 3 is 3.08 bits per heavy atom. The number of carbonyl (C=O) groups is 1. The molecule has 3 heterocycles. The van der Waals surface area contributed by atoms with Gasteiger partial charge in [-0.15, -0.1) is 11.3 Å². The summed E-state index contributed by atoms with van der Waals surface area (Å²) in [4.78, 5) is 37.9. The quantitative estimate of drug-likeness (QED) is 0.713. The Morgan fingerprint density at radius 1 is 1.40 bits per heavy atom. The molecule has 0 atom stereocenters. The third kappa shape index (κ3) is 3.16. The van der Waals surface area contributed by atoms with Crippen LogP contribution in [-0.4, -0.2) is 28.0 Å². The first-order valence-electron chi connectivity index (χ1n) is 7.97. The van der Waals surface area contributed by atoms with Gasteiger partial charge in [-0.3, -0.25) is 9.59 Å². The van der Waals surface area contributed by atoms with Crippen molar-refractivity contribution in [3.05, 3.63) is 32.8 Å². The summed E-state index contributed by atoms with van der Waals surface area (Å²) in [6.07, 6.45) is 5.26. The van der Waals surface area contributed by atoms with Crippen LogP contribution in [-0.2, 0) is 24.1 Å². The predicted molar refractivity (Wildman–Crippen MR) is 97.9 cm³/mol. The summed E-state index contributed by atoms with van der Waals surface area (Å²) in [5.41, 5.74) is 1.07. The molecule has 1 amide bonds. The van der Waals surface area contributed by atoms with Gasteiger partial charge >= 0.3 is 0 Å². The van der Waals surface area contributed by atoms with Gasteiger partial charge in [0, 0.05) is 17.7 Å². The molecular weight excluding hydrogens is 360 g/mol. The van der Waals surface area contributed by atoms with Crippen LogP contribution >= 0.6 is 22.7 Å². The van der Waals surface area contributed by atoms with Gasteiger partial charge in [-0.05, 0) is 24.8 Å². The minimum atomic E-state index is -0.173. The molecule has 0 unspecified atom stereocenters. The van der Waals surface area contributed by atoms with Crippen molar-refractivity contribution in [2.24, 2.45) is 0 Å². The molecule has 0 bridgehead atoms. The van der Waals surface area contributed by atoms with Crippen LogP contribution in [0.3, 0.4) is 0 Å². The van der Waals surface area contributed by atoms with Gasteiger partial charge in [-0.25, -0.2) is 9.97 Å². The van der Waals surface area contributed by atoms with Crippen LogP contribution in [0.25, 0.3) is 10.2 Å². The van der Waals surface area contributed by atoms with E-state index in [2.05, 4.69) is 20.3 Å². The summed E-state index contributed by atoms with van der Waals surface area (Å²) in [5.74, 6) is 0.373. The smallest absolute Gasteiger partial charge is 0.259 e. The SMILES string of the molecule is COc1cnc(NC(=O)CCc2nc3sc4c(c3c(=O)[nH]2)CCC4)s1. The van der Waals surface area contributed by atoms with Gasteiger partial charge in [0.1, 0.15) is 10.7 Å². The number of ether oxygens (including phenoxy) is 1. The van der Waals surface area contributed by atoms with Gasteiger partial charge in [0.15, 0.2) is 10.2 Å². The van der Waals surface area contributed by atoms with Crippen molar-refractivity contribution < 1.29 is 9.53 Å². The number of nitrogens with zero attached hydrogens (tertiary/aromatic N) is 2. The van der Waals surface area contributed by atoms with E-state index >= 15 is 0 Å². The standard InChI is InChI=1S/C16H16N4O3S2/c1-23-12-7-17-16(25-12)20-11(21)6-5-10-18-14(22)13-8-3-2-4-9(8)24-15(13)19-10/h7H,2-6H2,1H3,(H,17,20,21)(H,18,19,22). The second kappa shape index (κ2) is 6.57. The summed E-state index contributed by atoms with van der Waals surface area (Å²) >= 11 is 2.87. The number of thiazole rings is 1. The second-order valence-corrected chi connectivity index (χ2v) is 7.86. The van der Waals surface area contributed by atoms with E-state index in [4.69, 9.17) is 4.74 Å². The van der Waals surface area contributed by atoms with E-state index in [1.165, 1.54) is 16.2 Å². The third-order valence-corrected chi connectivity index (χ3v) is 6.20. The first-order valence-corrected chi connectivity index (χ1v) is 9.60. The van der Waals surface area contributed by atoms with Gasteiger partial charge in [-0.2, -0.15) is 0 Å². The van der Waals surface area contributed by atoms with E-state index in [1.807, 2.05) is 0 Å². The van der Waals surface area contributed by atoms with Gasteiger partial charge in [0.2, 0.25) is 5.91 Å². The van der Waals surface area contributed by atoms with Crippen LogP contribution in [0.5, 0.6) is 5.06 Å². The fourth-order valence-corrected chi connectivity index (χ4v) is 4.92. The number of hydrogen-bond acceptors (Lipinski definition) is 7. The number of aromatic nitrogens is 3. The van der Waals surface area contributed by atoms with Crippen molar-refractivity contribution in [1.29, 1.82) is 0 Å². The number of nitrogens with one attached hydrogen (secondary N) is 2. The van der Waals surface area contributed by atoms with Crippen molar-refractivity contribution in [2.45, 2.75) is 32.1 Å². The van der Waals surface area contributed by atoms with Crippen LogP contribution in [0.1, 0.15) is 29.1 Å². The molecule has 7 nitrogen and oxygen atoms in total. The molecule has 0 aliphatic heterocycles. The lowest BCUT2D eigenvalue weighted by Gasteiger charge is -2.02. The maximum Gasteiger partial charge on any atom is 0.259 e. The number of anilines is 1. The van der Waals surface area contributed by atoms with E-state index < -0.39 is 0 Å². The molecule has 0 saturated heterocycles. The van der Waals surface area contributed by atoms with Gasteiger partial charge in [0.05, 0.1) is 18.7 Å². The lowest BCUT2D eigenvalue weighted by molar-refractivity contribution is -0.116. The van der Waals surface area contributed by atoms with E-state index in [1.54, 1.807) is 24.6 Å². The fourth-order valence-electron chi connectivity index (χ4n) is 2.99. The number of aromatic amines is 1. The van der Waals surface area contributed by atoms with Crippen molar-refractivity contribution in [3.63, 3.8) is 0 Å². The number of thiophene rings is 1. The third-order valence-electron chi connectivity index (χ3n) is 4.14. The highest BCUT2D eigenvalue weighted by atomic mass is 32.1. The van der Waals surface area contributed by atoms with E-state index in [0.29, 0.717) is 22.4 Å². The molecule has 130 valence electrons. The number of amides is 1. The molecule has 25 heavy (non-hydrogen) atoms. The number of H-pyrrole nitrogens is 1. The van der Waals surface area contributed by atoms with Crippen LogP contribution in [0.4, 0.5) is 5.13 Å². The lowest BCUT2D eigenvalue weighted by Crippen LogP contribution is -2.16. The van der Waals surface area contributed by atoms with E-state index in [-0.39, 0.29) is 17.9 Å². The fraction of sp³-hybridized carbons (Fsp3) is 0.375. The highest BCUT2D eigenvalue weighted by Crippen LogP contribution is 2.34. The van der Waals surface area contributed by atoms with Crippen LogP contribution in [0, 0.1) is 0 Å². The molecule has 0 radical (unpaired) electrons. The Balaban J connectivity index is 1.46. The molecule has 2 N–H and O–H groups in total. The van der Waals surface area contributed by atoms with Gasteiger partial charge in [0.25, 0.3) is 5.56 Å². The minimum Gasteiger partial charge on any atom is -0.486 e. The molecule has 3 aromatic rings. The van der Waals surface area contributed by atoms with Crippen molar-refractivity contribution >= 4 is 43.9 Å². The number of fused-ring (bicyclic) bond motifs is 3. The summed E-state index contributed by atoms with van der Waals surface area (Å²) in [5, 5.41) is 4.59. The molecule has 0 spiro atoms. The number of rotatable bonds is 5. The molecule has 0 fully saturated rings. The molecule has 0 aromatic carbocycles. The highest BCUT2D eigenvalue weighted by Gasteiger charge is 2.21. The van der Waals surface area contributed by atoms with Crippen molar-refractivity contribution in [3.8, 4) is 5.06 Å². The Morgan fingerprint density at radius 2 is 2.28 bits per heavy atom. The molecule has 1 aliphatic rings. The zero-order valence-electron chi connectivity index (χ0n) is 13.5. The first-order chi connectivity index (χ1) is 12.1. The number of methoxy groups -OCH3 is 1. The van der Waals surface area contributed by atoms with Gasteiger partial charge in [-0.1, -0.05) is 11.3 Å². The second-order valence-electron chi connectivity index (χ2n) is 5.79. The minimum absolute atomic E-state index is 0.0931. The molecule has 0 saturated carbocycles. The largest absolute Gasteiger partial charge is 0.486 e. The zero-order valence-corrected chi connectivity index (χ0v) is 15.2. The Bertz CT molecular complexity index is 1000. The van der Waals surface area contributed by atoms with Crippen LogP contribution in [0.15, 0.2) is 11.0 Å². The number of aryl methyl sites for hydroxylation is 3. The average Bonchev–Trinajstić information content (AvgIpc) is 3.28. The normalized spacial score (nSPS) is 13.2. The summed E-state index contributed by atoms with van der Waals surface area (Å²) < 4.78 is 5.04. The summed E-state index contributed by atoms with van der Waals surface area (Å²) in [6, 6.07) is 0. The van der Waals surface area contributed by atoms with Crippen LogP contribution < -0.4 is 15.6 Å². The monoisotopic (exact) mass is 376 g/mol. The van der Waals surface area contributed by atoms with Crippen molar-refractivity contribution in [2.75, 3.05) is 12.4 Å².